The topological polar surface area (TPSA) is 115 Å². The van der Waals surface area contributed by atoms with E-state index in [1.807, 2.05) is 0 Å². The fourth-order valence-corrected chi connectivity index (χ4v) is 2.78. The van der Waals surface area contributed by atoms with Crippen molar-refractivity contribution in [2.24, 2.45) is 5.73 Å². The molecule has 1 aliphatic heterocycles. The van der Waals surface area contributed by atoms with Crippen LogP contribution in [0.25, 0.3) is 0 Å². The third kappa shape index (κ3) is 3.26. The summed E-state index contributed by atoms with van der Waals surface area (Å²) in [4.78, 5) is 37.1. The smallest absolute Gasteiger partial charge is 0.325 e. The normalized spacial score (nSPS) is 19.5. The number of nitrogens with two attached hydrogens (primary N) is 1. The number of imide groups is 1. The molecule has 0 bridgehead atoms. The van der Waals surface area contributed by atoms with Gasteiger partial charge in [-0.2, -0.15) is 0 Å². The molecule has 1 aromatic heterocycles. The van der Waals surface area contributed by atoms with E-state index in [1.165, 1.54) is 0 Å². The fourth-order valence-electron chi connectivity index (χ4n) is 2.78. The molecule has 1 fully saturated rings. The number of urea groups is 1. The van der Waals surface area contributed by atoms with Gasteiger partial charge in [-0.3, -0.25) is 14.5 Å². The maximum atomic E-state index is 12.8. The van der Waals surface area contributed by atoms with Crippen LogP contribution in [0.15, 0.2) is 40.8 Å². The lowest BCUT2D eigenvalue weighted by Gasteiger charge is -2.19. The Hall–Kier alpha value is -3.29. The van der Waals surface area contributed by atoms with E-state index in [0.29, 0.717) is 22.8 Å². The summed E-state index contributed by atoms with van der Waals surface area (Å²) in [6, 6.07) is 9.68. The van der Waals surface area contributed by atoms with E-state index < -0.39 is 23.4 Å². The van der Waals surface area contributed by atoms with E-state index in [2.05, 4.69) is 5.32 Å². The quantitative estimate of drug-likeness (QED) is 0.759. The molecule has 0 unspecified atom stereocenters. The molecule has 8 nitrogen and oxygen atoms in total. The van der Waals surface area contributed by atoms with Crippen molar-refractivity contribution >= 4 is 17.8 Å². The number of carbonyl (C=O) groups is 3. The van der Waals surface area contributed by atoms with Crippen LogP contribution in [0.5, 0.6) is 5.75 Å². The van der Waals surface area contributed by atoms with Gasteiger partial charge >= 0.3 is 6.03 Å². The van der Waals surface area contributed by atoms with Crippen LogP contribution in [0.4, 0.5) is 4.79 Å². The number of furan rings is 1. The number of benzene rings is 1. The summed E-state index contributed by atoms with van der Waals surface area (Å²) in [5.41, 5.74) is 4.49. The summed E-state index contributed by atoms with van der Waals surface area (Å²) in [5.74, 6) is 0.475. The van der Waals surface area contributed by atoms with E-state index in [4.69, 9.17) is 14.9 Å². The van der Waals surface area contributed by atoms with Gasteiger partial charge in [-0.1, -0.05) is 12.1 Å². The molecule has 1 saturated heterocycles. The van der Waals surface area contributed by atoms with Crippen LogP contribution in [-0.2, 0) is 21.7 Å². The highest BCUT2D eigenvalue weighted by molar-refractivity contribution is 6.06. The molecule has 3 rings (SSSR count). The Morgan fingerprint density at radius 2 is 2.08 bits per heavy atom. The van der Waals surface area contributed by atoms with Crippen LogP contribution in [0, 0.1) is 6.92 Å². The number of aryl methyl sites for hydroxylation is 1. The molecule has 0 saturated carbocycles. The monoisotopic (exact) mass is 357 g/mol. The molecule has 26 heavy (non-hydrogen) atoms. The largest absolute Gasteiger partial charge is 0.484 e. The minimum atomic E-state index is -1.24. The van der Waals surface area contributed by atoms with Crippen LogP contribution in [0.1, 0.15) is 24.0 Å². The molecule has 8 heteroatoms. The van der Waals surface area contributed by atoms with Crippen molar-refractivity contribution in [2.45, 2.75) is 25.9 Å². The second kappa shape index (κ2) is 6.55. The van der Waals surface area contributed by atoms with Gasteiger partial charge in [-0.15, -0.1) is 0 Å². The Balaban J connectivity index is 1.78. The summed E-state index contributed by atoms with van der Waals surface area (Å²) in [6.07, 6.45) is 0. The number of hydrogen-bond acceptors (Lipinski definition) is 5. The van der Waals surface area contributed by atoms with Gasteiger partial charge < -0.3 is 20.2 Å². The zero-order valence-electron chi connectivity index (χ0n) is 14.4. The average Bonchev–Trinajstić information content (AvgIpc) is 3.12. The van der Waals surface area contributed by atoms with Crippen molar-refractivity contribution in [3.05, 3.63) is 53.5 Å². The summed E-state index contributed by atoms with van der Waals surface area (Å²) in [7, 11) is 0. The van der Waals surface area contributed by atoms with Gasteiger partial charge in [-0.25, -0.2) is 4.79 Å². The van der Waals surface area contributed by atoms with Crippen molar-refractivity contribution in [3.8, 4) is 5.75 Å². The van der Waals surface area contributed by atoms with Crippen molar-refractivity contribution in [1.82, 2.24) is 10.2 Å². The predicted molar refractivity (Wildman–Crippen MR) is 91.0 cm³/mol. The number of amides is 4. The van der Waals surface area contributed by atoms with Gasteiger partial charge in [0.25, 0.3) is 11.8 Å². The van der Waals surface area contributed by atoms with Gasteiger partial charge in [0.15, 0.2) is 12.1 Å². The van der Waals surface area contributed by atoms with E-state index in [9.17, 15) is 14.4 Å². The fraction of sp³-hybridized carbons (Fsp3) is 0.278. The lowest BCUT2D eigenvalue weighted by molar-refractivity contribution is -0.132. The second-order valence-corrected chi connectivity index (χ2v) is 6.26. The van der Waals surface area contributed by atoms with Crippen LogP contribution >= 0.6 is 0 Å². The first-order valence-electron chi connectivity index (χ1n) is 8.00. The molecular formula is C18H19N3O5. The van der Waals surface area contributed by atoms with Crippen molar-refractivity contribution < 1.29 is 23.5 Å². The highest BCUT2D eigenvalue weighted by Crippen LogP contribution is 2.31. The zero-order chi connectivity index (χ0) is 18.9. The summed E-state index contributed by atoms with van der Waals surface area (Å²) < 4.78 is 10.8. The van der Waals surface area contributed by atoms with Crippen LogP contribution < -0.4 is 15.8 Å². The molecule has 136 valence electrons. The molecule has 2 aromatic rings. The number of rotatable bonds is 6. The van der Waals surface area contributed by atoms with Crippen molar-refractivity contribution in [1.29, 1.82) is 0 Å². The lowest BCUT2D eigenvalue weighted by atomic mass is 9.99. The predicted octanol–water partition coefficient (Wildman–Crippen LogP) is 1.42. The number of ether oxygens (including phenoxy) is 1. The number of primary amides is 1. The van der Waals surface area contributed by atoms with E-state index in [-0.39, 0.29) is 13.2 Å². The number of nitrogens with one attached hydrogen (secondary N) is 1. The van der Waals surface area contributed by atoms with Crippen LogP contribution in [-0.4, -0.2) is 29.4 Å². The molecule has 4 amide bonds. The summed E-state index contributed by atoms with van der Waals surface area (Å²) >= 11 is 0. The molecule has 0 spiro atoms. The van der Waals surface area contributed by atoms with Gasteiger partial charge in [0.1, 0.15) is 17.3 Å². The first-order valence-corrected chi connectivity index (χ1v) is 8.00. The lowest BCUT2D eigenvalue weighted by Crippen LogP contribution is -2.40. The highest BCUT2D eigenvalue weighted by Gasteiger charge is 2.51. The maximum Gasteiger partial charge on any atom is 0.325 e. The van der Waals surface area contributed by atoms with Crippen LogP contribution in [0.2, 0.25) is 0 Å². The Bertz CT molecular complexity index is 875. The molecule has 3 N–H and O–H groups in total. The summed E-state index contributed by atoms with van der Waals surface area (Å²) in [5, 5.41) is 2.69. The third-order valence-corrected chi connectivity index (χ3v) is 4.13. The second-order valence-electron chi connectivity index (χ2n) is 6.26. The maximum absolute atomic E-state index is 12.8. The standard InChI is InChI=1S/C18H19N3O5/c1-11-6-7-14(26-11)18(2)16(23)21(17(24)20-18)9-12-4-3-5-13(8-12)25-10-15(19)22/h3-8H,9-10H2,1-2H3,(H2,19,22)(H,20,24)/t18-/m1/s1. The highest BCUT2D eigenvalue weighted by atomic mass is 16.5. The SMILES string of the molecule is Cc1ccc([C@@]2(C)NC(=O)N(Cc3cccc(OCC(N)=O)c3)C2=O)o1. The number of nitrogens with zero attached hydrogens (tertiary/aromatic N) is 1. The summed E-state index contributed by atoms with van der Waals surface area (Å²) in [6.45, 7) is 3.19. The Labute approximate surface area is 149 Å². The van der Waals surface area contributed by atoms with Crippen LogP contribution in [0.3, 0.4) is 0 Å². The first kappa shape index (κ1) is 17.5. The Kier molecular flexibility index (Phi) is 4.41. The molecule has 1 aromatic carbocycles. The van der Waals surface area contributed by atoms with E-state index >= 15 is 0 Å². The van der Waals surface area contributed by atoms with Crippen molar-refractivity contribution in [3.63, 3.8) is 0 Å². The van der Waals surface area contributed by atoms with Gasteiger partial charge in [0.05, 0.1) is 6.54 Å². The van der Waals surface area contributed by atoms with Crippen molar-refractivity contribution in [2.75, 3.05) is 6.61 Å². The van der Waals surface area contributed by atoms with E-state index in [0.717, 1.165) is 4.90 Å². The average molecular weight is 357 g/mol. The molecule has 2 heterocycles. The van der Waals surface area contributed by atoms with Gasteiger partial charge in [-0.05, 0) is 43.7 Å². The Morgan fingerprint density at radius 1 is 1.31 bits per heavy atom. The number of hydrogen-bond donors (Lipinski definition) is 2. The number of carbonyl (C=O) groups excluding carboxylic acids is 3. The minimum absolute atomic E-state index is 0.0632. The first-order chi connectivity index (χ1) is 12.3. The van der Waals surface area contributed by atoms with Gasteiger partial charge in [0, 0.05) is 0 Å². The minimum Gasteiger partial charge on any atom is -0.484 e. The molecule has 1 aliphatic rings. The van der Waals surface area contributed by atoms with E-state index in [1.54, 1.807) is 50.2 Å². The molecule has 0 radical (unpaired) electrons. The van der Waals surface area contributed by atoms with Gasteiger partial charge in [0.2, 0.25) is 0 Å². The third-order valence-electron chi connectivity index (χ3n) is 4.13. The Morgan fingerprint density at radius 3 is 2.73 bits per heavy atom. The molecule has 1 atom stereocenters. The molecule has 0 aliphatic carbocycles. The zero-order valence-corrected chi connectivity index (χ0v) is 14.4. The molecular weight excluding hydrogens is 338 g/mol.